The Kier molecular flexibility index (Phi) is 4.73. The van der Waals surface area contributed by atoms with Crippen LogP contribution in [0.5, 0.6) is 0 Å². The first-order valence-electron chi connectivity index (χ1n) is 8.12. The SMILES string of the molecule is O=C1CCC(Nc2ccc(CN3CCCCC3)cc2)C(=O)N1. The molecule has 2 heterocycles. The first-order valence-corrected chi connectivity index (χ1v) is 8.12. The summed E-state index contributed by atoms with van der Waals surface area (Å²) >= 11 is 0. The average molecular weight is 301 g/mol. The summed E-state index contributed by atoms with van der Waals surface area (Å²) in [6, 6.07) is 7.95. The Bertz CT molecular complexity index is 535. The van der Waals surface area contributed by atoms with Crippen molar-refractivity contribution in [1.82, 2.24) is 10.2 Å². The molecule has 0 aromatic heterocycles. The molecule has 2 amide bonds. The van der Waals surface area contributed by atoms with Crippen molar-refractivity contribution in [2.75, 3.05) is 18.4 Å². The number of rotatable bonds is 4. The van der Waals surface area contributed by atoms with E-state index in [4.69, 9.17) is 0 Å². The van der Waals surface area contributed by atoms with Gasteiger partial charge < -0.3 is 5.32 Å². The van der Waals surface area contributed by atoms with E-state index in [9.17, 15) is 9.59 Å². The quantitative estimate of drug-likeness (QED) is 0.834. The molecular weight excluding hydrogens is 278 g/mol. The molecule has 2 aliphatic rings. The number of hydrogen-bond acceptors (Lipinski definition) is 4. The van der Waals surface area contributed by atoms with E-state index in [1.807, 2.05) is 12.1 Å². The van der Waals surface area contributed by atoms with Crippen LogP contribution >= 0.6 is 0 Å². The maximum atomic E-state index is 11.7. The second kappa shape index (κ2) is 6.92. The van der Waals surface area contributed by atoms with Crippen LogP contribution in [0.15, 0.2) is 24.3 Å². The summed E-state index contributed by atoms with van der Waals surface area (Å²) in [5, 5.41) is 5.57. The molecule has 1 aromatic rings. The number of hydrogen-bond donors (Lipinski definition) is 2. The molecule has 0 aliphatic carbocycles. The summed E-state index contributed by atoms with van der Waals surface area (Å²) in [6.07, 6.45) is 4.91. The minimum Gasteiger partial charge on any atom is -0.374 e. The molecule has 3 rings (SSSR count). The topological polar surface area (TPSA) is 61.4 Å². The van der Waals surface area contributed by atoms with Gasteiger partial charge in [0.05, 0.1) is 0 Å². The van der Waals surface area contributed by atoms with Crippen molar-refractivity contribution >= 4 is 17.5 Å². The van der Waals surface area contributed by atoms with E-state index in [0.717, 1.165) is 12.2 Å². The van der Waals surface area contributed by atoms with Crippen molar-refractivity contribution in [3.05, 3.63) is 29.8 Å². The number of likely N-dealkylation sites (tertiary alicyclic amines) is 1. The summed E-state index contributed by atoms with van der Waals surface area (Å²) in [7, 11) is 0. The standard InChI is InChI=1S/C17H23N3O2/c21-16-9-8-15(17(22)19-16)18-14-6-4-13(5-7-14)12-20-10-2-1-3-11-20/h4-7,15,18H,1-3,8-12H2,(H,19,21,22). The van der Waals surface area contributed by atoms with Gasteiger partial charge in [0, 0.05) is 18.7 Å². The molecule has 0 spiro atoms. The van der Waals surface area contributed by atoms with Gasteiger partial charge in [-0.25, -0.2) is 0 Å². The van der Waals surface area contributed by atoms with Crippen LogP contribution in [0, 0.1) is 0 Å². The van der Waals surface area contributed by atoms with Crippen molar-refractivity contribution < 1.29 is 9.59 Å². The van der Waals surface area contributed by atoms with Crippen LogP contribution in [-0.2, 0) is 16.1 Å². The Morgan fingerprint density at radius 2 is 1.82 bits per heavy atom. The van der Waals surface area contributed by atoms with Crippen LogP contribution in [0.1, 0.15) is 37.7 Å². The van der Waals surface area contributed by atoms with Gasteiger partial charge in [0.1, 0.15) is 6.04 Å². The highest BCUT2D eigenvalue weighted by molar-refractivity contribution is 6.01. The van der Waals surface area contributed by atoms with Gasteiger partial charge in [-0.2, -0.15) is 0 Å². The van der Waals surface area contributed by atoms with E-state index in [-0.39, 0.29) is 17.9 Å². The molecule has 2 aliphatic heterocycles. The van der Waals surface area contributed by atoms with E-state index >= 15 is 0 Å². The van der Waals surface area contributed by atoms with Gasteiger partial charge in [-0.3, -0.25) is 19.8 Å². The van der Waals surface area contributed by atoms with E-state index in [2.05, 4.69) is 27.7 Å². The predicted molar refractivity (Wildman–Crippen MR) is 85.4 cm³/mol. The lowest BCUT2D eigenvalue weighted by Gasteiger charge is -2.26. The Morgan fingerprint density at radius 3 is 2.50 bits per heavy atom. The number of benzene rings is 1. The fraction of sp³-hybridized carbons (Fsp3) is 0.529. The van der Waals surface area contributed by atoms with Gasteiger partial charge in [0.15, 0.2) is 0 Å². The maximum absolute atomic E-state index is 11.7. The maximum Gasteiger partial charge on any atom is 0.249 e. The first kappa shape index (κ1) is 15.0. The summed E-state index contributed by atoms with van der Waals surface area (Å²) in [5.41, 5.74) is 2.23. The van der Waals surface area contributed by atoms with E-state index < -0.39 is 0 Å². The molecule has 0 saturated carbocycles. The second-order valence-electron chi connectivity index (χ2n) is 6.18. The third-order valence-electron chi connectivity index (χ3n) is 4.39. The van der Waals surface area contributed by atoms with Crippen molar-refractivity contribution in [3.8, 4) is 0 Å². The molecule has 5 heteroatoms. The smallest absolute Gasteiger partial charge is 0.249 e. The van der Waals surface area contributed by atoms with Gasteiger partial charge in [0.25, 0.3) is 0 Å². The molecule has 0 radical (unpaired) electrons. The third kappa shape index (κ3) is 3.85. The van der Waals surface area contributed by atoms with Gasteiger partial charge in [-0.05, 0) is 50.0 Å². The summed E-state index contributed by atoms with van der Waals surface area (Å²) in [6.45, 7) is 3.38. The molecule has 0 bridgehead atoms. The minimum atomic E-state index is -0.314. The van der Waals surface area contributed by atoms with Crippen LogP contribution < -0.4 is 10.6 Å². The molecule has 1 unspecified atom stereocenters. The van der Waals surface area contributed by atoms with E-state index in [1.165, 1.54) is 37.9 Å². The largest absolute Gasteiger partial charge is 0.374 e. The summed E-state index contributed by atoms with van der Waals surface area (Å²) in [4.78, 5) is 25.4. The van der Waals surface area contributed by atoms with Crippen LogP contribution in [0.2, 0.25) is 0 Å². The monoisotopic (exact) mass is 301 g/mol. The third-order valence-corrected chi connectivity index (χ3v) is 4.39. The fourth-order valence-electron chi connectivity index (χ4n) is 3.11. The molecular formula is C17H23N3O2. The van der Waals surface area contributed by atoms with Crippen molar-refractivity contribution in [2.45, 2.75) is 44.7 Å². The normalized spacial score (nSPS) is 23.2. The lowest BCUT2D eigenvalue weighted by Crippen LogP contribution is -2.47. The predicted octanol–water partition coefficient (Wildman–Crippen LogP) is 1.89. The molecule has 22 heavy (non-hydrogen) atoms. The van der Waals surface area contributed by atoms with E-state index in [0.29, 0.717) is 12.8 Å². The van der Waals surface area contributed by atoms with E-state index in [1.54, 1.807) is 0 Å². The zero-order valence-electron chi connectivity index (χ0n) is 12.8. The average Bonchev–Trinajstić information content (AvgIpc) is 2.53. The number of carbonyl (C=O) groups excluding carboxylic acids is 2. The fourth-order valence-corrected chi connectivity index (χ4v) is 3.11. The number of anilines is 1. The number of piperidine rings is 2. The zero-order valence-corrected chi connectivity index (χ0v) is 12.8. The number of nitrogens with zero attached hydrogens (tertiary/aromatic N) is 1. The molecule has 2 saturated heterocycles. The summed E-state index contributed by atoms with van der Waals surface area (Å²) in [5.74, 6) is -0.409. The lowest BCUT2D eigenvalue weighted by atomic mass is 10.1. The van der Waals surface area contributed by atoms with Crippen LogP contribution in [0.4, 0.5) is 5.69 Å². The molecule has 2 fully saturated rings. The Balaban J connectivity index is 1.54. The molecule has 1 aromatic carbocycles. The zero-order chi connectivity index (χ0) is 15.4. The summed E-state index contributed by atoms with van der Waals surface area (Å²) < 4.78 is 0. The first-order chi connectivity index (χ1) is 10.7. The highest BCUT2D eigenvalue weighted by atomic mass is 16.2. The molecule has 118 valence electrons. The second-order valence-corrected chi connectivity index (χ2v) is 6.18. The highest BCUT2D eigenvalue weighted by Gasteiger charge is 2.26. The van der Waals surface area contributed by atoms with Gasteiger partial charge >= 0.3 is 0 Å². The van der Waals surface area contributed by atoms with Crippen LogP contribution in [0.3, 0.4) is 0 Å². The van der Waals surface area contributed by atoms with Gasteiger partial charge in [-0.1, -0.05) is 18.6 Å². The van der Waals surface area contributed by atoms with Crippen LogP contribution in [0.25, 0.3) is 0 Å². The molecule has 1 atom stereocenters. The number of amides is 2. The van der Waals surface area contributed by atoms with Crippen molar-refractivity contribution in [3.63, 3.8) is 0 Å². The highest BCUT2D eigenvalue weighted by Crippen LogP contribution is 2.17. The van der Waals surface area contributed by atoms with Crippen LogP contribution in [-0.4, -0.2) is 35.8 Å². The minimum absolute atomic E-state index is 0.181. The van der Waals surface area contributed by atoms with Gasteiger partial charge in [-0.15, -0.1) is 0 Å². The number of imide groups is 1. The molecule has 5 nitrogen and oxygen atoms in total. The van der Waals surface area contributed by atoms with Gasteiger partial charge in [0.2, 0.25) is 11.8 Å². The Hall–Kier alpha value is -1.88. The lowest BCUT2D eigenvalue weighted by molar-refractivity contribution is -0.133. The molecule has 2 N–H and O–H groups in total. The number of nitrogens with one attached hydrogen (secondary N) is 2. The Labute approximate surface area is 131 Å². The van der Waals surface area contributed by atoms with Crippen molar-refractivity contribution in [1.29, 1.82) is 0 Å². The number of carbonyl (C=O) groups is 2. The Morgan fingerprint density at radius 1 is 1.09 bits per heavy atom. The van der Waals surface area contributed by atoms with Crippen molar-refractivity contribution in [2.24, 2.45) is 0 Å².